The molecule has 114 valence electrons. The molecule has 0 atom stereocenters. The molecule has 0 bridgehead atoms. The van der Waals surface area contributed by atoms with Crippen LogP contribution in [-0.4, -0.2) is 16.5 Å². The molecule has 2 aromatic rings. The van der Waals surface area contributed by atoms with Crippen molar-refractivity contribution in [2.75, 3.05) is 17.3 Å². The minimum atomic E-state index is 0.256. The number of aromatic nitrogens is 2. The summed E-state index contributed by atoms with van der Waals surface area (Å²) in [5.41, 5.74) is 3.59. The van der Waals surface area contributed by atoms with Gasteiger partial charge in [0.15, 0.2) is 0 Å². The first-order valence-corrected chi connectivity index (χ1v) is 8.45. The zero-order valence-electron chi connectivity index (χ0n) is 12.4. The number of thiophene rings is 1. The molecule has 0 aliphatic rings. The first kappa shape index (κ1) is 16.2. The van der Waals surface area contributed by atoms with Crippen molar-refractivity contribution in [2.45, 2.75) is 33.1 Å². The van der Waals surface area contributed by atoms with Gasteiger partial charge in [-0.1, -0.05) is 13.8 Å². The topological polar surface area (TPSA) is 75.9 Å². The smallest absolute Gasteiger partial charge is 0.148 e. The van der Waals surface area contributed by atoms with Gasteiger partial charge in [-0.2, -0.15) is 0 Å². The van der Waals surface area contributed by atoms with Crippen molar-refractivity contribution in [1.82, 2.24) is 9.97 Å². The van der Waals surface area contributed by atoms with Crippen LogP contribution in [0, 0.1) is 6.92 Å². The highest BCUT2D eigenvalue weighted by molar-refractivity contribution is 9.11. The Morgan fingerprint density at radius 3 is 2.57 bits per heavy atom. The van der Waals surface area contributed by atoms with Crippen LogP contribution >= 0.6 is 27.3 Å². The van der Waals surface area contributed by atoms with Gasteiger partial charge in [-0.3, -0.25) is 0 Å². The fraction of sp³-hybridized carbons (Fsp3) is 0.429. The molecule has 21 heavy (non-hydrogen) atoms. The maximum atomic E-state index is 5.54. The SMILES string of the molecule is Cc1c(NN)nc(C(C)C)nc1NCCc1ccc(Br)s1. The summed E-state index contributed by atoms with van der Waals surface area (Å²) in [4.78, 5) is 10.4. The average molecular weight is 370 g/mol. The standard InChI is InChI=1S/C14H20BrN5S/c1-8(2)12-18-13(9(3)14(19-12)20-16)17-7-6-10-4-5-11(15)21-10/h4-5,8H,6-7,16H2,1-3H3,(H2,17,18,19,20). The highest BCUT2D eigenvalue weighted by Crippen LogP contribution is 2.24. The summed E-state index contributed by atoms with van der Waals surface area (Å²) in [6.45, 7) is 6.92. The van der Waals surface area contributed by atoms with Gasteiger partial charge in [0.05, 0.1) is 3.79 Å². The number of hydrogen-bond donors (Lipinski definition) is 3. The van der Waals surface area contributed by atoms with E-state index in [4.69, 9.17) is 5.84 Å². The van der Waals surface area contributed by atoms with Gasteiger partial charge in [-0.25, -0.2) is 15.8 Å². The molecule has 0 saturated carbocycles. The molecule has 0 saturated heterocycles. The van der Waals surface area contributed by atoms with E-state index in [1.807, 2.05) is 6.92 Å². The normalized spacial score (nSPS) is 11.0. The molecule has 0 radical (unpaired) electrons. The van der Waals surface area contributed by atoms with Crippen molar-refractivity contribution in [3.63, 3.8) is 0 Å². The number of nitrogens with zero attached hydrogens (tertiary/aromatic N) is 2. The van der Waals surface area contributed by atoms with Gasteiger partial charge < -0.3 is 10.7 Å². The van der Waals surface area contributed by atoms with Gasteiger partial charge >= 0.3 is 0 Å². The zero-order chi connectivity index (χ0) is 15.4. The summed E-state index contributed by atoms with van der Waals surface area (Å²) in [6, 6.07) is 4.21. The fourth-order valence-electron chi connectivity index (χ4n) is 1.90. The largest absolute Gasteiger partial charge is 0.369 e. The maximum Gasteiger partial charge on any atom is 0.148 e. The van der Waals surface area contributed by atoms with Gasteiger partial charge in [0.25, 0.3) is 0 Å². The fourth-order valence-corrected chi connectivity index (χ4v) is 3.38. The molecule has 0 fully saturated rings. The van der Waals surface area contributed by atoms with E-state index in [2.05, 4.69) is 62.6 Å². The molecule has 2 rings (SSSR count). The molecule has 0 aliphatic carbocycles. The second kappa shape index (κ2) is 7.20. The quantitative estimate of drug-likeness (QED) is 0.534. The Kier molecular flexibility index (Phi) is 5.55. The van der Waals surface area contributed by atoms with Gasteiger partial charge in [-0.05, 0) is 41.4 Å². The molecule has 0 amide bonds. The number of nitrogens with two attached hydrogens (primary N) is 1. The molecule has 0 unspecified atom stereocenters. The second-order valence-electron chi connectivity index (χ2n) is 5.09. The van der Waals surface area contributed by atoms with Crippen LogP contribution in [0.2, 0.25) is 0 Å². The van der Waals surface area contributed by atoms with E-state index in [1.54, 1.807) is 11.3 Å². The minimum Gasteiger partial charge on any atom is -0.369 e. The van der Waals surface area contributed by atoms with Crippen LogP contribution in [0.25, 0.3) is 0 Å². The molecule has 0 spiro atoms. The van der Waals surface area contributed by atoms with Crippen LogP contribution < -0.4 is 16.6 Å². The van der Waals surface area contributed by atoms with E-state index in [1.165, 1.54) is 4.88 Å². The van der Waals surface area contributed by atoms with Crippen molar-refractivity contribution in [2.24, 2.45) is 5.84 Å². The van der Waals surface area contributed by atoms with E-state index in [9.17, 15) is 0 Å². The highest BCUT2D eigenvalue weighted by Gasteiger charge is 2.12. The van der Waals surface area contributed by atoms with Gasteiger partial charge in [0.1, 0.15) is 17.5 Å². The van der Waals surface area contributed by atoms with Gasteiger partial charge in [-0.15, -0.1) is 11.3 Å². The van der Waals surface area contributed by atoms with Crippen molar-refractivity contribution in [1.29, 1.82) is 0 Å². The Morgan fingerprint density at radius 1 is 1.29 bits per heavy atom. The highest BCUT2D eigenvalue weighted by atomic mass is 79.9. The third-order valence-electron chi connectivity index (χ3n) is 3.11. The van der Waals surface area contributed by atoms with Gasteiger partial charge in [0, 0.05) is 22.9 Å². The molecule has 0 aromatic carbocycles. The number of hydrazine groups is 1. The Bertz CT molecular complexity index is 611. The predicted octanol–water partition coefficient (Wildman–Crippen LogP) is 3.67. The number of anilines is 2. The second-order valence-corrected chi connectivity index (χ2v) is 7.63. The molecule has 0 aliphatic heterocycles. The predicted molar refractivity (Wildman–Crippen MR) is 92.9 cm³/mol. The number of hydrogen-bond acceptors (Lipinski definition) is 6. The number of rotatable bonds is 6. The number of nitrogen functional groups attached to an aromatic ring is 1. The summed E-state index contributed by atoms with van der Waals surface area (Å²) in [5, 5.41) is 3.39. The van der Waals surface area contributed by atoms with E-state index < -0.39 is 0 Å². The third-order valence-corrected chi connectivity index (χ3v) is 4.79. The lowest BCUT2D eigenvalue weighted by atomic mass is 10.2. The van der Waals surface area contributed by atoms with Crippen molar-refractivity contribution in [3.05, 3.63) is 32.2 Å². The lowest BCUT2D eigenvalue weighted by molar-refractivity contribution is 0.772. The summed E-state index contributed by atoms with van der Waals surface area (Å²) < 4.78 is 1.16. The van der Waals surface area contributed by atoms with Crippen LogP contribution in [0.5, 0.6) is 0 Å². The molecule has 7 heteroatoms. The molecule has 2 heterocycles. The molecule has 5 nitrogen and oxygen atoms in total. The summed E-state index contributed by atoms with van der Waals surface area (Å²) in [6.07, 6.45) is 0.960. The van der Waals surface area contributed by atoms with E-state index in [0.29, 0.717) is 5.82 Å². The Morgan fingerprint density at radius 2 is 2.00 bits per heavy atom. The summed E-state index contributed by atoms with van der Waals surface area (Å²) >= 11 is 5.23. The Hall–Kier alpha value is -1.18. The molecule has 2 aromatic heterocycles. The summed E-state index contributed by atoms with van der Waals surface area (Å²) in [7, 11) is 0. The van der Waals surface area contributed by atoms with E-state index in [-0.39, 0.29) is 5.92 Å². The Labute approximate surface area is 137 Å². The van der Waals surface area contributed by atoms with Crippen molar-refractivity contribution >= 4 is 38.9 Å². The van der Waals surface area contributed by atoms with E-state index >= 15 is 0 Å². The van der Waals surface area contributed by atoms with Crippen LogP contribution in [0.4, 0.5) is 11.6 Å². The molecular formula is C14H20BrN5S. The monoisotopic (exact) mass is 369 g/mol. The lowest BCUT2D eigenvalue weighted by Crippen LogP contribution is -2.16. The number of halogens is 1. The Balaban J connectivity index is 2.09. The van der Waals surface area contributed by atoms with Gasteiger partial charge in [0.2, 0.25) is 0 Å². The molecule has 4 N–H and O–H groups in total. The maximum absolute atomic E-state index is 5.54. The average Bonchev–Trinajstić information content (AvgIpc) is 2.86. The first-order chi connectivity index (χ1) is 10.0. The third kappa shape index (κ3) is 4.15. The van der Waals surface area contributed by atoms with Crippen molar-refractivity contribution in [3.8, 4) is 0 Å². The first-order valence-electron chi connectivity index (χ1n) is 6.84. The van der Waals surface area contributed by atoms with Crippen LogP contribution in [-0.2, 0) is 6.42 Å². The van der Waals surface area contributed by atoms with Crippen LogP contribution in [0.15, 0.2) is 15.9 Å². The lowest BCUT2D eigenvalue weighted by Gasteiger charge is -2.14. The van der Waals surface area contributed by atoms with Crippen molar-refractivity contribution < 1.29 is 0 Å². The summed E-state index contributed by atoms with van der Waals surface area (Å²) in [5.74, 6) is 8.10. The zero-order valence-corrected chi connectivity index (χ0v) is 14.8. The molecular weight excluding hydrogens is 350 g/mol. The van der Waals surface area contributed by atoms with E-state index in [0.717, 1.165) is 34.0 Å². The minimum absolute atomic E-state index is 0.256. The van der Waals surface area contributed by atoms with Crippen LogP contribution in [0.1, 0.15) is 36.0 Å². The van der Waals surface area contributed by atoms with Crippen LogP contribution in [0.3, 0.4) is 0 Å². The number of nitrogens with one attached hydrogen (secondary N) is 2.